The number of carbonyl (C=O) groups is 2. The van der Waals surface area contributed by atoms with Gasteiger partial charge in [-0.25, -0.2) is 4.79 Å². The molecule has 2 amide bonds. The maximum Gasteiger partial charge on any atom is 0.410 e. The summed E-state index contributed by atoms with van der Waals surface area (Å²) in [5, 5.41) is 13.1. The van der Waals surface area contributed by atoms with Gasteiger partial charge < -0.3 is 25.8 Å². The number of amides is 2. The number of thiophene rings is 1. The van der Waals surface area contributed by atoms with Gasteiger partial charge in [0.15, 0.2) is 0 Å². The van der Waals surface area contributed by atoms with Gasteiger partial charge in [0.05, 0.1) is 11.8 Å². The number of hydrogen-bond acceptors (Lipinski definition) is 7. The number of aromatic nitrogens is 1. The Morgan fingerprint density at radius 1 is 1.32 bits per heavy atom. The number of aliphatic hydroxyl groups excluding tert-OH is 1. The van der Waals surface area contributed by atoms with Gasteiger partial charge in [0.1, 0.15) is 11.1 Å². The van der Waals surface area contributed by atoms with Crippen molar-refractivity contribution in [1.82, 2.24) is 9.88 Å². The Morgan fingerprint density at radius 3 is 2.87 bits per heavy atom. The maximum atomic E-state index is 12.4. The third-order valence-electron chi connectivity index (χ3n) is 5.60. The van der Waals surface area contributed by atoms with Gasteiger partial charge in [-0.05, 0) is 49.0 Å². The first kappa shape index (κ1) is 21.3. The zero-order valence-electron chi connectivity index (χ0n) is 17.1. The molecular weight excluding hydrogens is 416 g/mol. The van der Waals surface area contributed by atoms with E-state index in [2.05, 4.69) is 10.3 Å². The minimum Gasteiger partial charge on any atom is -0.446 e. The van der Waals surface area contributed by atoms with E-state index in [9.17, 15) is 14.7 Å². The fourth-order valence-electron chi connectivity index (χ4n) is 3.84. The van der Waals surface area contributed by atoms with Crippen molar-refractivity contribution in [2.75, 3.05) is 24.1 Å². The first-order valence-corrected chi connectivity index (χ1v) is 11.2. The lowest BCUT2D eigenvalue weighted by molar-refractivity contribution is -0.111. The van der Waals surface area contributed by atoms with Crippen molar-refractivity contribution in [3.05, 3.63) is 46.6 Å². The van der Waals surface area contributed by atoms with Crippen molar-refractivity contribution in [3.63, 3.8) is 0 Å². The van der Waals surface area contributed by atoms with Crippen molar-refractivity contribution in [1.29, 1.82) is 0 Å². The summed E-state index contributed by atoms with van der Waals surface area (Å²) in [4.78, 5) is 31.4. The van der Waals surface area contributed by atoms with E-state index in [1.54, 1.807) is 29.4 Å². The third-order valence-corrected chi connectivity index (χ3v) is 6.79. The van der Waals surface area contributed by atoms with E-state index < -0.39 is 0 Å². The number of nitrogens with one attached hydrogen (secondary N) is 1. The van der Waals surface area contributed by atoms with Crippen LogP contribution in [0.25, 0.3) is 6.08 Å². The molecule has 1 fully saturated rings. The number of nitrogens with two attached hydrogens (primary N) is 1. The van der Waals surface area contributed by atoms with Crippen molar-refractivity contribution < 1.29 is 19.4 Å². The number of hydrogen-bond donors (Lipinski definition) is 3. The summed E-state index contributed by atoms with van der Waals surface area (Å²) < 4.78 is 5.71. The van der Waals surface area contributed by atoms with E-state index in [0.717, 1.165) is 16.0 Å². The molecule has 2 aliphatic rings. The average Bonchev–Trinajstić information content (AvgIpc) is 3.08. The second kappa shape index (κ2) is 9.49. The van der Waals surface area contributed by atoms with Gasteiger partial charge in [0.2, 0.25) is 5.91 Å². The molecule has 8 nitrogen and oxygen atoms in total. The van der Waals surface area contributed by atoms with Crippen LogP contribution in [0.15, 0.2) is 30.6 Å². The summed E-state index contributed by atoms with van der Waals surface area (Å²) in [6.07, 6.45) is 8.81. The number of ether oxygens (including phenoxy) is 1. The number of carbonyl (C=O) groups excluding carboxylic acids is 2. The van der Waals surface area contributed by atoms with Gasteiger partial charge in [-0.1, -0.05) is 6.07 Å². The summed E-state index contributed by atoms with van der Waals surface area (Å²) >= 11 is 1.44. The Balaban J connectivity index is 1.35. The number of aliphatic hydroxyl groups is 1. The molecule has 2 aromatic heterocycles. The SMILES string of the molecule is Nc1c(NC(=O)/C=C/c2cccnc2)sc2c1CCC(OC(=O)N1CCC(O)CC1)C2. The Morgan fingerprint density at radius 2 is 2.13 bits per heavy atom. The summed E-state index contributed by atoms with van der Waals surface area (Å²) in [7, 11) is 0. The highest BCUT2D eigenvalue weighted by Crippen LogP contribution is 2.40. The lowest BCUT2D eigenvalue weighted by atomic mass is 9.95. The molecule has 1 aliphatic carbocycles. The highest BCUT2D eigenvalue weighted by atomic mass is 32.1. The lowest BCUT2D eigenvalue weighted by Gasteiger charge is -2.31. The van der Waals surface area contributed by atoms with E-state index in [1.807, 2.05) is 6.07 Å². The van der Waals surface area contributed by atoms with Crippen LogP contribution in [0.4, 0.5) is 15.5 Å². The molecule has 3 heterocycles. The van der Waals surface area contributed by atoms with Crippen molar-refractivity contribution in [2.45, 2.75) is 44.3 Å². The lowest BCUT2D eigenvalue weighted by Crippen LogP contribution is -2.42. The van der Waals surface area contributed by atoms with E-state index in [4.69, 9.17) is 10.5 Å². The molecule has 164 valence electrons. The standard InChI is InChI=1S/C22H26N4O4S/c23-20-17-5-4-16(30-22(29)26-10-7-15(27)8-11-26)12-18(17)31-21(20)25-19(28)6-3-14-2-1-9-24-13-14/h1-3,6,9,13,15-16,27H,4-5,7-8,10-12,23H2,(H,25,28)/b6-3+. The van der Waals surface area contributed by atoms with Crippen LogP contribution in [0.1, 0.15) is 35.3 Å². The van der Waals surface area contributed by atoms with E-state index in [1.165, 1.54) is 17.4 Å². The van der Waals surface area contributed by atoms with Crippen molar-refractivity contribution in [2.24, 2.45) is 0 Å². The Hall–Kier alpha value is -2.91. The van der Waals surface area contributed by atoms with Crippen LogP contribution in [-0.2, 0) is 22.4 Å². The van der Waals surface area contributed by atoms with Crippen LogP contribution in [0.5, 0.6) is 0 Å². The fourth-order valence-corrected chi connectivity index (χ4v) is 5.07. The van der Waals surface area contributed by atoms with E-state index >= 15 is 0 Å². The maximum absolute atomic E-state index is 12.4. The molecule has 1 aliphatic heterocycles. The van der Waals surface area contributed by atoms with Crippen LogP contribution in [0.3, 0.4) is 0 Å². The number of nitrogen functional groups attached to an aromatic ring is 1. The fraction of sp³-hybridized carbons (Fsp3) is 0.409. The molecule has 0 radical (unpaired) electrons. The molecular formula is C22H26N4O4S. The molecule has 9 heteroatoms. The Labute approximate surface area is 184 Å². The topological polar surface area (TPSA) is 118 Å². The van der Waals surface area contributed by atoms with Crippen molar-refractivity contribution in [3.8, 4) is 0 Å². The average molecular weight is 443 g/mol. The monoisotopic (exact) mass is 442 g/mol. The quantitative estimate of drug-likeness (QED) is 0.627. The molecule has 4 rings (SSSR count). The van der Waals surface area contributed by atoms with Gasteiger partial charge in [-0.3, -0.25) is 9.78 Å². The summed E-state index contributed by atoms with van der Waals surface area (Å²) in [6, 6.07) is 3.67. The highest BCUT2D eigenvalue weighted by Gasteiger charge is 2.30. The molecule has 1 unspecified atom stereocenters. The first-order chi connectivity index (χ1) is 15.0. The molecule has 0 spiro atoms. The number of pyridine rings is 1. The summed E-state index contributed by atoms with van der Waals surface area (Å²) in [5.74, 6) is -0.260. The third kappa shape index (κ3) is 5.23. The van der Waals surface area contributed by atoms with E-state index in [-0.39, 0.29) is 24.2 Å². The van der Waals surface area contributed by atoms with Crippen LogP contribution in [0, 0.1) is 0 Å². The molecule has 0 bridgehead atoms. The molecule has 2 aromatic rings. The molecule has 4 N–H and O–H groups in total. The Bertz CT molecular complexity index is 967. The highest BCUT2D eigenvalue weighted by molar-refractivity contribution is 7.17. The number of fused-ring (bicyclic) bond motifs is 1. The van der Waals surface area contributed by atoms with Crippen LogP contribution >= 0.6 is 11.3 Å². The molecule has 1 atom stereocenters. The minimum absolute atomic E-state index is 0.209. The van der Waals surface area contributed by atoms with Gasteiger partial charge in [-0.15, -0.1) is 11.3 Å². The molecule has 0 saturated carbocycles. The van der Waals surface area contributed by atoms with Crippen LogP contribution in [-0.4, -0.2) is 52.3 Å². The first-order valence-electron chi connectivity index (χ1n) is 10.4. The minimum atomic E-state index is -0.330. The van der Waals surface area contributed by atoms with Gasteiger partial charge in [0.25, 0.3) is 0 Å². The largest absolute Gasteiger partial charge is 0.446 e. The molecule has 1 saturated heterocycles. The number of rotatable bonds is 4. The molecule has 0 aromatic carbocycles. The predicted octanol–water partition coefficient (Wildman–Crippen LogP) is 2.83. The number of anilines is 2. The van der Waals surface area contributed by atoms with Crippen molar-refractivity contribution >= 4 is 40.1 Å². The number of likely N-dealkylation sites (tertiary alicyclic amines) is 1. The van der Waals surface area contributed by atoms with Crippen LogP contribution < -0.4 is 11.1 Å². The Kier molecular flexibility index (Phi) is 6.53. The second-order valence-corrected chi connectivity index (χ2v) is 8.93. The van der Waals surface area contributed by atoms with Gasteiger partial charge in [-0.2, -0.15) is 0 Å². The van der Waals surface area contributed by atoms with Crippen LogP contribution in [0.2, 0.25) is 0 Å². The van der Waals surface area contributed by atoms with Gasteiger partial charge >= 0.3 is 6.09 Å². The number of piperidine rings is 1. The smallest absolute Gasteiger partial charge is 0.410 e. The van der Waals surface area contributed by atoms with E-state index in [0.29, 0.717) is 55.9 Å². The zero-order valence-corrected chi connectivity index (χ0v) is 17.9. The second-order valence-electron chi connectivity index (χ2n) is 7.82. The summed E-state index contributed by atoms with van der Waals surface area (Å²) in [6.45, 7) is 1.04. The normalized spacial score (nSPS) is 19.3. The zero-order chi connectivity index (χ0) is 21.8. The van der Waals surface area contributed by atoms with Gasteiger partial charge in [0, 0.05) is 42.9 Å². The summed E-state index contributed by atoms with van der Waals surface area (Å²) in [5.41, 5.74) is 8.74. The predicted molar refractivity (Wildman–Crippen MR) is 120 cm³/mol. The number of nitrogens with zero attached hydrogens (tertiary/aromatic N) is 2. The molecule has 31 heavy (non-hydrogen) atoms.